The van der Waals surface area contributed by atoms with Gasteiger partial charge in [-0.25, -0.2) is 9.59 Å². The average molecular weight is 254 g/mol. The van der Waals surface area contributed by atoms with Crippen molar-refractivity contribution >= 4 is 12.3 Å². The first-order chi connectivity index (χ1) is 6.97. The average Bonchev–Trinajstić information content (AvgIpc) is 2.18. The van der Waals surface area contributed by atoms with Gasteiger partial charge < -0.3 is 18.9 Å². The maximum atomic E-state index is 10.2. The van der Waals surface area contributed by atoms with Gasteiger partial charge in [-0.15, -0.1) is 0 Å². The molecule has 0 unspecified atom stereocenters. The summed E-state index contributed by atoms with van der Waals surface area (Å²) in [6.45, 7) is 5.61. The predicted molar refractivity (Wildman–Crippen MR) is 66.1 cm³/mol. The fourth-order valence-corrected chi connectivity index (χ4v) is 0.417. The number of carbonyl (C=O) groups is 2. The standard InChI is InChI=1S/C5H10O3.C4H8O3.2CH4/c1-4(2)8-5(6)7-3;1-3-7-4(5)6-2;;/h4H,1-3H3;3H2,1-2H3;2*1H4. The van der Waals surface area contributed by atoms with E-state index in [-0.39, 0.29) is 21.0 Å². The number of hydrogen-bond acceptors (Lipinski definition) is 6. The highest BCUT2D eigenvalue weighted by Crippen LogP contribution is 1.89. The van der Waals surface area contributed by atoms with E-state index in [0.29, 0.717) is 6.61 Å². The van der Waals surface area contributed by atoms with Crippen molar-refractivity contribution in [2.45, 2.75) is 41.7 Å². The van der Waals surface area contributed by atoms with Gasteiger partial charge in [-0.05, 0) is 20.8 Å². The van der Waals surface area contributed by atoms with E-state index >= 15 is 0 Å². The second-order valence-corrected chi connectivity index (χ2v) is 2.51. The second-order valence-electron chi connectivity index (χ2n) is 2.51. The van der Waals surface area contributed by atoms with Crippen LogP contribution in [0.15, 0.2) is 0 Å². The molecule has 0 radical (unpaired) electrons. The highest BCUT2D eigenvalue weighted by atomic mass is 16.7. The van der Waals surface area contributed by atoms with Gasteiger partial charge in [0.1, 0.15) is 0 Å². The van der Waals surface area contributed by atoms with Crippen molar-refractivity contribution in [3.8, 4) is 0 Å². The largest absolute Gasteiger partial charge is 0.508 e. The maximum Gasteiger partial charge on any atom is 0.508 e. The van der Waals surface area contributed by atoms with Crippen LogP contribution in [0.1, 0.15) is 35.6 Å². The van der Waals surface area contributed by atoms with Crippen LogP contribution in [0.3, 0.4) is 0 Å². The lowest BCUT2D eigenvalue weighted by Crippen LogP contribution is -2.10. The Bertz CT molecular complexity index is 179. The summed E-state index contributed by atoms with van der Waals surface area (Å²) in [7, 11) is 2.56. The van der Waals surface area contributed by atoms with Crippen LogP contribution < -0.4 is 0 Å². The van der Waals surface area contributed by atoms with Gasteiger partial charge >= 0.3 is 12.3 Å². The third-order valence-electron chi connectivity index (χ3n) is 0.927. The van der Waals surface area contributed by atoms with Crippen LogP contribution in [0.2, 0.25) is 0 Å². The summed E-state index contributed by atoms with van der Waals surface area (Å²) < 4.78 is 17.2. The molecule has 0 N–H and O–H groups in total. The molecule has 0 atom stereocenters. The van der Waals surface area contributed by atoms with Crippen molar-refractivity contribution in [2.75, 3.05) is 20.8 Å². The minimum absolute atomic E-state index is 0. The molecule has 0 amide bonds. The van der Waals surface area contributed by atoms with Crippen molar-refractivity contribution in [3.05, 3.63) is 0 Å². The van der Waals surface area contributed by atoms with Crippen molar-refractivity contribution < 1.29 is 28.5 Å². The Morgan fingerprint density at radius 3 is 1.53 bits per heavy atom. The Hall–Kier alpha value is -1.46. The molecule has 0 aliphatic rings. The molecule has 0 saturated heterocycles. The molecule has 0 aromatic carbocycles. The van der Waals surface area contributed by atoms with E-state index in [1.165, 1.54) is 14.2 Å². The van der Waals surface area contributed by atoms with Crippen LogP contribution in [0.25, 0.3) is 0 Å². The highest BCUT2D eigenvalue weighted by Gasteiger charge is 2.01. The molecule has 17 heavy (non-hydrogen) atoms. The van der Waals surface area contributed by atoms with Gasteiger partial charge in [0, 0.05) is 0 Å². The molecular formula is C11H26O6. The van der Waals surface area contributed by atoms with E-state index < -0.39 is 12.3 Å². The van der Waals surface area contributed by atoms with Crippen molar-refractivity contribution in [2.24, 2.45) is 0 Å². The molecule has 6 nitrogen and oxygen atoms in total. The number of hydrogen-bond donors (Lipinski definition) is 0. The Morgan fingerprint density at radius 1 is 1.00 bits per heavy atom. The third-order valence-corrected chi connectivity index (χ3v) is 0.927. The third kappa shape index (κ3) is 25.1. The number of ether oxygens (including phenoxy) is 4. The van der Waals surface area contributed by atoms with E-state index in [1.807, 2.05) is 0 Å². The molecule has 6 heteroatoms. The molecular weight excluding hydrogens is 228 g/mol. The van der Waals surface area contributed by atoms with Crippen LogP contribution in [0.4, 0.5) is 9.59 Å². The zero-order valence-electron chi connectivity index (χ0n) is 9.73. The zero-order chi connectivity index (χ0) is 12.3. The zero-order valence-corrected chi connectivity index (χ0v) is 9.73. The lowest BCUT2D eigenvalue weighted by molar-refractivity contribution is 0.0496. The highest BCUT2D eigenvalue weighted by molar-refractivity contribution is 5.59. The van der Waals surface area contributed by atoms with Crippen LogP contribution in [0, 0.1) is 0 Å². The maximum absolute atomic E-state index is 10.2. The monoisotopic (exact) mass is 254 g/mol. The smallest absolute Gasteiger partial charge is 0.438 e. The Labute approximate surface area is 104 Å². The molecule has 106 valence electrons. The first kappa shape index (κ1) is 24.7. The minimum Gasteiger partial charge on any atom is -0.438 e. The fourth-order valence-electron chi connectivity index (χ4n) is 0.417. The molecule has 0 bridgehead atoms. The van der Waals surface area contributed by atoms with Crippen molar-refractivity contribution in [3.63, 3.8) is 0 Å². The SMILES string of the molecule is C.C.CCOC(=O)OC.COC(=O)OC(C)C. The summed E-state index contributed by atoms with van der Waals surface area (Å²) in [4.78, 5) is 20.1. The van der Waals surface area contributed by atoms with Crippen molar-refractivity contribution in [1.82, 2.24) is 0 Å². The Kier molecular flexibility index (Phi) is 24.6. The van der Waals surface area contributed by atoms with Crippen LogP contribution in [0.5, 0.6) is 0 Å². The van der Waals surface area contributed by atoms with Gasteiger partial charge in [0.25, 0.3) is 0 Å². The normalized spacial score (nSPS) is 7.41. The molecule has 0 saturated carbocycles. The first-order valence-electron chi connectivity index (χ1n) is 4.43. The van der Waals surface area contributed by atoms with Crippen LogP contribution in [-0.2, 0) is 18.9 Å². The Balaban J connectivity index is -0.0000000896. The van der Waals surface area contributed by atoms with E-state index in [0.717, 1.165) is 0 Å². The summed E-state index contributed by atoms with van der Waals surface area (Å²) in [5.74, 6) is 0. The number of methoxy groups -OCH3 is 2. The quantitative estimate of drug-likeness (QED) is 0.704. The molecule has 0 spiro atoms. The summed E-state index contributed by atoms with van der Waals surface area (Å²) in [6.07, 6.45) is -1.34. The molecule has 0 fully saturated rings. The topological polar surface area (TPSA) is 71.1 Å². The van der Waals surface area contributed by atoms with Gasteiger partial charge in [0.05, 0.1) is 26.9 Å². The second kappa shape index (κ2) is 17.0. The van der Waals surface area contributed by atoms with E-state index in [4.69, 9.17) is 0 Å². The van der Waals surface area contributed by atoms with Crippen LogP contribution in [-0.4, -0.2) is 39.2 Å². The molecule has 0 rings (SSSR count). The van der Waals surface area contributed by atoms with Gasteiger partial charge in [0.15, 0.2) is 0 Å². The lowest BCUT2D eigenvalue weighted by atomic mass is 10.5. The molecule has 0 aliphatic carbocycles. The van der Waals surface area contributed by atoms with Gasteiger partial charge in [-0.1, -0.05) is 14.9 Å². The van der Waals surface area contributed by atoms with Crippen LogP contribution >= 0.6 is 0 Å². The van der Waals surface area contributed by atoms with E-state index in [2.05, 4.69) is 18.9 Å². The van der Waals surface area contributed by atoms with Gasteiger partial charge in [-0.3, -0.25) is 0 Å². The first-order valence-corrected chi connectivity index (χ1v) is 4.43. The summed E-state index contributed by atoms with van der Waals surface area (Å²) in [5, 5.41) is 0. The number of carbonyl (C=O) groups excluding carboxylic acids is 2. The summed E-state index contributed by atoms with van der Waals surface area (Å²) >= 11 is 0. The molecule has 0 aromatic rings. The summed E-state index contributed by atoms with van der Waals surface area (Å²) in [5.41, 5.74) is 0. The van der Waals surface area contributed by atoms with Gasteiger partial charge in [-0.2, -0.15) is 0 Å². The summed E-state index contributed by atoms with van der Waals surface area (Å²) in [6, 6.07) is 0. The lowest BCUT2D eigenvalue weighted by Gasteiger charge is -2.03. The van der Waals surface area contributed by atoms with E-state index in [9.17, 15) is 9.59 Å². The number of rotatable bonds is 2. The fraction of sp³-hybridized carbons (Fsp3) is 0.818. The Morgan fingerprint density at radius 2 is 1.41 bits per heavy atom. The van der Waals surface area contributed by atoms with Gasteiger partial charge in [0.2, 0.25) is 0 Å². The molecule has 0 aliphatic heterocycles. The molecule has 0 heterocycles. The molecule has 0 aromatic heterocycles. The van der Waals surface area contributed by atoms with E-state index in [1.54, 1.807) is 20.8 Å². The minimum atomic E-state index is -0.625. The predicted octanol–water partition coefficient (Wildman–Crippen LogP) is 3.24. The van der Waals surface area contributed by atoms with Crippen molar-refractivity contribution in [1.29, 1.82) is 0 Å².